The van der Waals surface area contributed by atoms with Crippen molar-refractivity contribution in [3.05, 3.63) is 76.6 Å². The summed E-state index contributed by atoms with van der Waals surface area (Å²) in [5.74, 6) is 1.72. The van der Waals surface area contributed by atoms with Crippen LogP contribution >= 0.6 is 11.6 Å². The van der Waals surface area contributed by atoms with Gasteiger partial charge in [-0.2, -0.15) is 0 Å². The third-order valence-corrected chi connectivity index (χ3v) is 6.18. The van der Waals surface area contributed by atoms with Gasteiger partial charge < -0.3 is 0 Å². The van der Waals surface area contributed by atoms with Crippen molar-refractivity contribution in [3.63, 3.8) is 0 Å². The van der Waals surface area contributed by atoms with Crippen molar-refractivity contribution >= 4 is 18.7 Å². The Bertz CT molecular complexity index is 974. The van der Waals surface area contributed by atoms with E-state index in [1.807, 2.05) is 27.0 Å². The van der Waals surface area contributed by atoms with Gasteiger partial charge in [0.15, 0.2) is 0 Å². The number of aryl methyl sites for hydroxylation is 2. The van der Waals surface area contributed by atoms with Crippen LogP contribution in [0.1, 0.15) is 83.2 Å². The fourth-order valence-corrected chi connectivity index (χ4v) is 4.43. The van der Waals surface area contributed by atoms with E-state index in [9.17, 15) is 4.39 Å². The molecule has 0 bridgehead atoms. The average Bonchev–Trinajstić information content (AvgIpc) is 3.28. The minimum absolute atomic E-state index is 0.109. The van der Waals surface area contributed by atoms with Crippen LogP contribution in [0.4, 0.5) is 4.39 Å². The van der Waals surface area contributed by atoms with Gasteiger partial charge in [-0.05, 0) is 6.92 Å². The fourth-order valence-electron chi connectivity index (χ4n) is 4.24. The molecule has 0 amide bonds. The maximum atomic E-state index is 13.3. The van der Waals surface area contributed by atoms with E-state index in [0.29, 0.717) is 11.7 Å². The molecule has 6 heteroatoms. The van der Waals surface area contributed by atoms with Gasteiger partial charge in [-0.15, -0.1) is 0 Å². The first-order chi connectivity index (χ1) is 16.0. The van der Waals surface area contributed by atoms with Crippen LogP contribution in [0.15, 0.2) is 54.6 Å². The average molecular weight is 471 g/mol. The number of ether oxygens (including phenoxy) is 1. The molecule has 3 nitrogen and oxygen atoms in total. The molecule has 0 saturated heterocycles. The summed E-state index contributed by atoms with van der Waals surface area (Å²) in [4.78, 5) is 4.84. The molecule has 1 aromatic carbocycles. The van der Waals surface area contributed by atoms with Gasteiger partial charge in [0, 0.05) is 0 Å². The maximum absolute atomic E-state index is 13.3. The Morgan fingerprint density at radius 1 is 1.21 bits per heavy atom. The van der Waals surface area contributed by atoms with Crippen molar-refractivity contribution in [2.24, 2.45) is 0 Å². The van der Waals surface area contributed by atoms with Crippen LogP contribution in [0.5, 0.6) is 0 Å². The van der Waals surface area contributed by atoms with Gasteiger partial charge in [-0.1, -0.05) is 13.8 Å². The van der Waals surface area contributed by atoms with Gasteiger partial charge in [0.25, 0.3) is 0 Å². The molecule has 0 spiro atoms. The third kappa shape index (κ3) is 7.17. The number of allylic oxidation sites excluding steroid dienone is 4. The van der Waals surface area contributed by atoms with Crippen molar-refractivity contribution in [1.82, 2.24) is 9.46 Å². The van der Waals surface area contributed by atoms with Crippen molar-refractivity contribution in [1.29, 1.82) is 0 Å². The number of halogens is 2. The molecule has 1 heterocycles. The molecule has 1 saturated carbocycles. The minimum Gasteiger partial charge on any atom is -0.0683 e. The number of aromatic nitrogens is 2. The number of benzene rings is 1. The summed E-state index contributed by atoms with van der Waals surface area (Å²) in [6.07, 6.45) is 10.2. The Balaban J connectivity index is 0.00000187. The zero-order valence-corrected chi connectivity index (χ0v) is 21.5. The minimum atomic E-state index is -0.291. The molecule has 1 aliphatic rings. The first-order valence-electron chi connectivity index (χ1n) is 12.2. The molecule has 1 fully saturated rings. The van der Waals surface area contributed by atoms with E-state index in [0.717, 1.165) is 49.4 Å². The van der Waals surface area contributed by atoms with Crippen molar-refractivity contribution in [2.75, 3.05) is 0 Å². The molecule has 33 heavy (non-hydrogen) atoms. The summed E-state index contributed by atoms with van der Waals surface area (Å²) >= 11 is 6.25. The van der Waals surface area contributed by atoms with Crippen molar-refractivity contribution in [3.8, 4) is 5.69 Å². The molecule has 2 aromatic rings. The van der Waals surface area contributed by atoms with Crippen LogP contribution < -0.4 is 0 Å². The number of nitrogens with zero attached hydrogens (tertiary/aromatic N) is 2. The zero-order chi connectivity index (χ0) is 24.4. The summed E-state index contributed by atoms with van der Waals surface area (Å²) in [7, 11) is 2.01. The molecule has 0 unspecified atom stereocenters. The third-order valence-electron chi connectivity index (χ3n) is 5.95. The normalized spacial score (nSPS) is 18.6. The Morgan fingerprint density at radius 2 is 1.91 bits per heavy atom. The van der Waals surface area contributed by atoms with Gasteiger partial charge in [-0.25, -0.2) is 0 Å². The van der Waals surface area contributed by atoms with Crippen LogP contribution in [-0.2, 0) is 17.6 Å². The molecule has 0 N–H and O–H groups in total. The topological polar surface area (TPSA) is 27.1 Å². The summed E-state index contributed by atoms with van der Waals surface area (Å²) in [5.41, 5.74) is 3.63. The molecule has 1 aromatic heterocycles. The molecular weight excluding hydrogens is 434 g/mol. The Kier molecular flexibility index (Phi) is 11.1. The van der Waals surface area contributed by atoms with E-state index in [4.69, 9.17) is 21.2 Å². The Labute approximate surface area is 204 Å². The molecule has 3 rings (SSSR count). The molecule has 1 aliphatic carbocycles. The first-order valence-corrected chi connectivity index (χ1v) is 12.5. The van der Waals surface area contributed by atoms with E-state index < -0.39 is 0 Å². The van der Waals surface area contributed by atoms with E-state index >= 15 is 0 Å². The first kappa shape index (κ1) is 27.1. The standard InChI is InChI=1S/C25H31BClFN2O.C2H6/c1-5-18-16-20(27)11-15-23(18)30-24(7-3)26-29-25(30)19-9-13-22(14-10-19)31-17(4)8-12-21(28)6-2;1-2/h6,8,11-12,15-16,19,22H,4-5,7,9-10,13-14H2,1-3H3;1-2H3/b12-8-,21-6+;. The van der Waals surface area contributed by atoms with Gasteiger partial charge in [0.1, 0.15) is 0 Å². The number of hydrogen-bond acceptors (Lipinski definition) is 2. The Morgan fingerprint density at radius 3 is 2.52 bits per heavy atom. The monoisotopic (exact) mass is 470 g/mol. The SMILES string of the molecule is C=C(/C=C\C(F)=C/C)OC1CCC(c2nbc(CC)n2-c2ccc(Cl)cc2CC)CC1.CC. The van der Waals surface area contributed by atoms with E-state index in [1.165, 1.54) is 29.0 Å². The predicted octanol–water partition coefficient (Wildman–Crippen LogP) is 8.00. The Hall–Kier alpha value is -2.14. The van der Waals surface area contributed by atoms with Crippen LogP contribution in [-0.4, -0.2) is 22.6 Å². The molecule has 0 radical (unpaired) electrons. The largest absolute Gasteiger partial charge is 0.0683 e. The molecule has 0 aliphatic heterocycles. The summed E-state index contributed by atoms with van der Waals surface area (Å²) in [5, 5.41) is 0.765. The molecular formula is C27H37BClFN2O. The van der Waals surface area contributed by atoms with Crippen LogP contribution in [0.3, 0.4) is 0 Å². The zero-order valence-electron chi connectivity index (χ0n) is 20.7. The molecule has 178 valence electrons. The number of rotatable bonds is 8. The second-order valence-corrected chi connectivity index (χ2v) is 8.42. The number of hydrogen-bond donors (Lipinski definition) is 0. The van der Waals surface area contributed by atoms with Crippen molar-refractivity contribution < 1.29 is 9.13 Å². The summed E-state index contributed by atoms with van der Waals surface area (Å²) < 4.78 is 21.5. The predicted molar refractivity (Wildman–Crippen MR) is 139 cm³/mol. The molecule has 0 atom stereocenters. The second-order valence-electron chi connectivity index (χ2n) is 7.99. The van der Waals surface area contributed by atoms with Crippen LogP contribution in [0, 0.1) is 0 Å². The van der Waals surface area contributed by atoms with Gasteiger partial charge >= 0.3 is 184 Å². The quantitative estimate of drug-likeness (QED) is 0.288. The van der Waals surface area contributed by atoms with Gasteiger partial charge in [-0.3, -0.25) is 0 Å². The maximum Gasteiger partial charge on any atom is -0.0683 e. The van der Waals surface area contributed by atoms with Gasteiger partial charge in [0.05, 0.1) is 0 Å². The fraction of sp³-hybridized carbons (Fsp3) is 0.481. The van der Waals surface area contributed by atoms with E-state index in [1.54, 1.807) is 13.0 Å². The van der Waals surface area contributed by atoms with E-state index in [2.05, 4.69) is 37.1 Å². The summed E-state index contributed by atoms with van der Waals surface area (Å²) in [6.45, 7) is 13.9. The van der Waals surface area contributed by atoms with Gasteiger partial charge in [0.2, 0.25) is 0 Å². The smallest absolute Gasteiger partial charge is 0.0683 e. The second kappa shape index (κ2) is 13.5. The van der Waals surface area contributed by atoms with E-state index in [-0.39, 0.29) is 11.9 Å². The van der Waals surface area contributed by atoms with Crippen molar-refractivity contribution in [2.45, 2.75) is 85.2 Å². The van der Waals surface area contributed by atoms with Crippen LogP contribution in [0.2, 0.25) is 5.02 Å². The van der Waals surface area contributed by atoms with Crippen LogP contribution in [0.25, 0.3) is 5.69 Å². The summed E-state index contributed by atoms with van der Waals surface area (Å²) in [6, 6.07) is 6.13.